The van der Waals surface area contributed by atoms with Crippen molar-refractivity contribution >= 4 is 22.2 Å². The minimum absolute atomic E-state index is 0.667. The molecule has 140 valence electrons. The maximum Gasteiger partial charge on any atom is 0.180 e. The Morgan fingerprint density at radius 2 is 1.56 bits per heavy atom. The summed E-state index contributed by atoms with van der Waals surface area (Å²) in [5.74, 6) is 0. The van der Waals surface area contributed by atoms with Crippen molar-refractivity contribution in [3.63, 3.8) is 0 Å². The van der Waals surface area contributed by atoms with E-state index in [1.54, 1.807) is 11.3 Å². The van der Waals surface area contributed by atoms with Crippen molar-refractivity contribution in [2.24, 2.45) is 0 Å². The van der Waals surface area contributed by atoms with Gasteiger partial charge in [0.15, 0.2) is 5.13 Å². The molecule has 1 aromatic heterocycles. The number of rotatable bonds is 6. The molecule has 0 saturated carbocycles. The van der Waals surface area contributed by atoms with E-state index in [-0.39, 0.29) is 0 Å². The van der Waals surface area contributed by atoms with E-state index in [9.17, 15) is 0 Å². The predicted molar refractivity (Wildman–Crippen MR) is 115 cm³/mol. The predicted octanol–water partition coefficient (Wildman–Crippen LogP) is 4.15. The molecule has 1 aliphatic rings. The van der Waals surface area contributed by atoms with E-state index in [2.05, 4.69) is 69.4 Å². The summed E-state index contributed by atoms with van der Waals surface area (Å²) in [5.41, 5.74) is 9.56. The Labute approximate surface area is 165 Å². The van der Waals surface area contributed by atoms with Gasteiger partial charge in [-0.05, 0) is 31.5 Å². The van der Waals surface area contributed by atoms with E-state index in [1.165, 1.54) is 10.6 Å². The highest BCUT2D eigenvalue weighted by Crippen LogP contribution is 2.30. The lowest BCUT2D eigenvalue weighted by molar-refractivity contribution is 0.255. The Morgan fingerprint density at radius 3 is 2.26 bits per heavy atom. The Hall–Kier alpha value is -2.37. The number of hydrogen-bond acceptors (Lipinski definition) is 5. The van der Waals surface area contributed by atoms with Gasteiger partial charge in [-0.25, -0.2) is 4.98 Å². The van der Waals surface area contributed by atoms with Crippen molar-refractivity contribution in [2.75, 3.05) is 43.4 Å². The Balaban J connectivity index is 1.29. The molecule has 0 atom stereocenters. The topological polar surface area (TPSA) is 45.4 Å². The molecule has 0 unspecified atom stereocenters. The van der Waals surface area contributed by atoms with Gasteiger partial charge in [0.2, 0.25) is 0 Å². The highest BCUT2D eigenvalue weighted by molar-refractivity contribution is 7.15. The molecule has 0 aliphatic carbocycles. The largest absolute Gasteiger partial charge is 0.375 e. The van der Waals surface area contributed by atoms with E-state index in [4.69, 9.17) is 5.73 Å². The zero-order valence-electron chi connectivity index (χ0n) is 15.6. The van der Waals surface area contributed by atoms with Crippen LogP contribution in [-0.2, 0) is 6.42 Å². The molecule has 4 nitrogen and oxygen atoms in total. The van der Waals surface area contributed by atoms with Crippen LogP contribution in [0.1, 0.15) is 11.3 Å². The van der Waals surface area contributed by atoms with Gasteiger partial charge in [0.05, 0.1) is 5.69 Å². The summed E-state index contributed by atoms with van der Waals surface area (Å²) >= 11 is 1.63. The van der Waals surface area contributed by atoms with Crippen LogP contribution in [0.4, 0.5) is 10.8 Å². The third-order valence-corrected chi connectivity index (χ3v) is 6.08. The first-order chi connectivity index (χ1) is 13.3. The van der Waals surface area contributed by atoms with Crippen LogP contribution in [0.15, 0.2) is 60.7 Å². The number of aryl methyl sites for hydroxylation is 1. The normalized spacial score (nSPS) is 15.2. The van der Waals surface area contributed by atoms with Crippen molar-refractivity contribution < 1.29 is 0 Å². The minimum atomic E-state index is 0.667. The first-order valence-electron chi connectivity index (χ1n) is 9.62. The molecule has 1 fully saturated rings. The van der Waals surface area contributed by atoms with E-state index >= 15 is 0 Å². The smallest absolute Gasteiger partial charge is 0.180 e. The summed E-state index contributed by atoms with van der Waals surface area (Å²) in [6.45, 7) is 5.60. The average molecular weight is 379 g/mol. The number of hydrogen-bond donors (Lipinski definition) is 1. The number of para-hydroxylation sites is 1. The molecule has 0 radical (unpaired) electrons. The molecule has 27 heavy (non-hydrogen) atoms. The second-order valence-electron chi connectivity index (χ2n) is 6.96. The minimum Gasteiger partial charge on any atom is -0.375 e. The van der Waals surface area contributed by atoms with Crippen LogP contribution in [0.5, 0.6) is 0 Å². The molecule has 0 amide bonds. The van der Waals surface area contributed by atoms with Crippen LogP contribution >= 0.6 is 11.3 Å². The van der Waals surface area contributed by atoms with E-state index in [1.807, 2.05) is 6.07 Å². The second kappa shape index (κ2) is 8.55. The summed E-state index contributed by atoms with van der Waals surface area (Å²) < 4.78 is 0. The van der Waals surface area contributed by atoms with Crippen molar-refractivity contribution in [2.45, 2.75) is 12.8 Å². The van der Waals surface area contributed by atoms with Gasteiger partial charge in [0.25, 0.3) is 0 Å². The fourth-order valence-corrected chi connectivity index (χ4v) is 4.59. The standard InChI is InChI=1S/C22H26N4S/c23-22-24-21(18-8-3-1-4-9-18)20(27-22)12-7-13-25-14-16-26(17-15-25)19-10-5-2-6-11-19/h1-6,8-11H,7,12-17H2,(H2,23,24). The lowest BCUT2D eigenvalue weighted by Crippen LogP contribution is -2.46. The molecule has 5 heteroatoms. The zero-order valence-corrected chi connectivity index (χ0v) is 16.4. The number of aromatic nitrogens is 1. The summed E-state index contributed by atoms with van der Waals surface area (Å²) in [7, 11) is 0. The van der Waals surface area contributed by atoms with Crippen LogP contribution in [-0.4, -0.2) is 42.6 Å². The zero-order chi connectivity index (χ0) is 18.5. The third kappa shape index (κ3) is 4.49. The number of nitrogens with two attached hydrogens (primary N) is 1. The fraction of sp³-hybridized carbons (Fsp3) is 0.318. The van der Waals surface area contributed by atoms with Gasteiger partial charge in [-0.15, -0.1) is 11.3 Å². The number of anilines is 2. The second-order valence-corrected chi connectivity index (χ2v) is 8.07. The lowest BCUT2D eigenvalue weighted by atomic mass is 10.1. The average Bonchev–Trinajstić information content (AvgIpc) is 3.10. The van der Waals surface area contributed by atoms with Gasteiger partial charge in [-0.1, -0.05) is 48.5 Å². The molecule has 4 rings (SSSR count). The first-order valence-corrected chi connectivity index (χ1v) is 10.4. The maximum atomic E-state index is 5.99. The Bertz CT molecular complexity index is 839. The molecular formula is C22H26N4S. The molecule has 1 saturated heterocycles. The highest BCUT2D eigenvalue weighted by atomic mass is 32.1. The summed E-state index contributed by atoms with van der Waals surface area (Å²) in [5, 5.41) is 0.667. The molecule has 0 bridgehead atoms. The quantitative estimate of drug-likeness (QED) is 0.700. The SMILES string of the molecule is Nc1nc(-c2ccccc2)c(CCCN2CCN(c3ccccc3)CC2)s1. The first kappa shape index (κ1) is 18.0. The maximum absolute atomic E-state index is 5.99. The third-order valence-electron chi connectivity index (χ3n) is 5.13. The molecule has 2 aromatic carbocycles. The van der Waals surface area contributed by atoms with Crippen molar-refractivity contribution in [1.29, 1.82) is 0 Å². The van der Waals surface area contributed by atoms with Crippen LogP contribution in [0, 0.1) is 0 Å². The molecular weight excluding hydrogens is 352 g/mol. The number of nitrogen functional groups attached to an aromatic ring is 1. The number of thiazole rings is 1. The summed E-state index contributed by atoms with van der Waals surface area (Å²) in [4.78, 5) is 10.9. The van der Waals surface area contributed by atoms with Crippen LogP contribution in [0.3, 0.4) is 0 Å². The van der Waals surface area contributed by atoms with Crippen molar-refractivity contribution in [3.05, 3.63) is 65.5 Å². The summed E-state index contributed by atoms with van der Waals surface area (Å²) in [6.07, 6.45) is 2.19. The van der Waals surface area contributed by atoms with Gasteiger partial charge in [0.1, 0.15) is 0 Å². The highest BCUT2D eigenvalue weighted by Gasteiger charge is 2.17. The van der Waals surface area contributed by atoms with E-state index < -0.39 is 0 Å². The van der Waals surface area contributed by atoms with Crippen molar-refractivity contribution in [3.8, 4) is 11.3 Å². The molecule has 1 aliphatic heterocycles. The van der Waals surface area contributed by atoms with E-state index in [0.29, 0.717) is 5.13 Å². The summed E-state index contributed by atoms with van der Waals surface area (Å²) in [6, 6.07) is 21.1. The molecule has 2 N–H and O–H groups in total. The molecule has 3 aromatic rings. The lowest BCUT2D eigenvalue weighted by Gasteiger charge is -2.36. The van der Waals surface area contributed by atoms with Gasteiger partial charge >= 0.3 is 0 Å². The van der Waals surface area contributed by atoms with Gasteiger partial charge in [-0.3, -0.25) is 4.90 Å². The van der Waals surface area contributed by atoms with Gasteiger partial charge in [-0.2, -0.15) is 0 Å². The fourth-order valence-electron chi connectivity index (χ4n) is 3.69. The Kier molecular flexibility index (Phi) is 5.70. The van der Waals surface area contributed by atoms with E-state index in [0.717, 1.165) is 56.8 Å². The number of nitrogens with zero attached hydrogens (tertiary/aromatic N) is 3. The number of piperazine rings is 1. The number of benzene rings is 2. The monoisotopic (exact) mass is 378 g/mol. The molecule has 2 heterocycles. The van der Waals surface area contributed by atoms with Crippen molar-refractivity contribution in [1.82, 2.24) is 9.88 Å². The Morgan fingerprint density at radius 1 is 0.889 bits per heavy atom. The van der Waals surface area contributed by atoms with Crippen LogP contribution in [0.25, 0.3) is 11.3 Å². The van der Waals surface area contributed by atoms with Gasteiger partial charge in [0, 0.05) is 42.3 Å². The van der Waals surface area contributed by atoms with Gasteiger partial charge < -0.3 is 10.6 Å². The van der Waals surface area contributed by atoms with Crippen LogP contribution in [0.2, 0.25) is 0 Å². The van der Waals surface area contributed by atoms with Crippen LogP contribution < -0.4 is 10.6 Å². The molecule has 0 spiro atoms.